The Hall–Kier alpha value is -2.47. The number of aromatic nitrogens is 2. The van der Waals surface area contributed by atoms with Crippen molar-refractivity contribution in [1.29, 1.82) is 0 Å². The normalized spacial score (nSPS) is 12.5. The summed E-state index contributed by atoms with van der Waals surface area (Å²) in [6.45, 7) is 3.69. The highest BCUT2D eigenvalue weighted by atomic mass is 35.5. The molecule has 2 heterocycles. The standard InChI is InChI=1S/C22H22Cl2N4O/c1-13(19-11-16-17(24)9-14(23)10-20(16)27-19)25-7-4-8-26-22-12-21(29)15-5-2-3-6-18(15)28-22/h2-3,5-6,9-13,25,27H,4,7-8H2,1H3,(H2,26,28,29). The summed E-state index contributed by atoms with van der Waals surface area (Å²) in [4.78, 5) is 18.8. The topological polar surface area (TPSA) is 72.7 Å². The van der Waals surface area contributed by atoms with Crippen LogP contribution in [0.2, 0.25) is 10.0 Å². The Kier molecular flexibility index (Phi) is 5.81. The third-order valence-electron chi connectivity index (χ3n) is 5.00. The van der Waals surface area contributed by atoms with Crippen molar-refractivity contribution in [2.45, 2.75) is 19.4 Å². The molecule has 4 aromatic rings. The molecule has 0 bridgehead atoms. The molecule has 0 spiro atoms. The molecule has 2 aromatic heterocycles. The van der Waals surface area contributed by atoms with Crippen LogP contribution in [-0.4, -0.2) is 23.1 Å². The number of para-hydroxylation sites is 1. The molecule has 29 heavy (non-hydrogen) atoms. The maximum atomic E-state index is 12.2. The fourth-order valence-electron chi connectivity index (χ4n) is 3.45. The lowest BCUT2D eigenvalue weighted by Gasteiger charge is -2.13. The fraction of sp³-hybridized carbons (Fsp3) is 0.227. The van der Waals surface area contributed by atoms with Crippen LogP contribution in [0.1, 0.15) is 25.1 Å². The van der Waals surface area contributed by atoms with Crippen LogP contribution in [0.4, 0.5) is 5.82 Å². The second kappa shape index (κ2) is 8.49. The molecule has 0 aliphatic rings. The highest BCUT2D eigenvalue weighted by Crippen LogP contribution is 2.30. The van der Waals surface area contributed by atoms with Crippen LogP contribution in [0.15, 0.2) is 53.3 Å². The molecule has 0 amide bonds. The number of rotatable bonds is 7. The third kappa shape index (κ3) is 4.42. The van der Waals surface area contributed by atoms with Gasteiger partial charge in [-0.1, -0.05) is 35.3 Å². The molecule has 4 N–H and O–H groups in total. The van der Waals surface area contributed by atoms with Crippen LogP contribution in [-0.2, 0) is 0 Å². The van der Waals surface area contributed by atoms with Gasteiger partial charge >= 0.3 is 0 Å². The zero-order valence-corrected chi connectivity index (χ0v) is 17.5. The van der Waals surface area contributed by atoms with Gasteiger partial charge in [-0.05, 0) is 50.2 Å². The second-order valence-electron chi connectivity index (χ2n) is 7.12. The van der Waals surface area contributed by atoms with Crippen molar-refractivity contribution in [3.63, 3.8) is 0 Å². The minimum absolute atomic E-state index is 0.0196. The highest BCUT2D eigenvalue weighted by molar-refractivity contribution is 6.38. The Labute approximate surface area is 178 Å². The van der Waals surface area contributed by atoms with Gasteiger partial charge in [0.2, 0.25) is 0 Å². The molecule has 0 fully saturated rings. The van der Waals surface area contributed by atoms with E-state index in [2.05, 4.69) is 33.6 Å². The van der Waals surface area contributed by atoms with Gasteiger partial charge in [0, 0.05) is 45.7 Å². The highest BCUT2D eigenvalue weighted by Gasteiger charge is 2.11. The predicted octanol–water partition coefficient (Wildman–Crippen LogP) is 5.47. The maximum absolute atomic E-state index is 12.2. The summed E-state index contributed by atoms with van der Waals surface area (Å²) in [5.74, 6) is 0.740. The van der Waals surface area contributed by atoms with Crippen molar-refractivity contribution in [2.24, 2.45) is 0 Å². The average molecular weight is 429 g/mol. The molecule has 0 aliphatic carbocycles. The molecule has 1 unspecified atom stereocenters. The Bertz CT molecular complexity index is 1210. The first-order chi connectivity index (χ1) is 14.0. The zero-order valence-electron chi connectivity index (χ0n) is 16.0. The van der Waals surface area contributed by atoms with Gasteiger partial charge in [0.05, 0.1) is 10.5 Å². The number of H-pyrrole nitrogens is 2. The minimum Gasteiger partial charge on any atom is -0.371 e. The van der Waals surface area contributed by atoms with Crippen molar-refractivity contribution in [3.05, 3.63) is 74.5 Å². The van der Waals surface area contributed by atoms with Crippen molar-refractivity contribution in [2.75, 3.05) is 18.4 Å². The lowest BCUT2D eigenvalue weighted by atomic mass is 10.2. The van der Waals surface area contributed by atoms with Gasteiger partial charge in [0.25, 0.3) is 0 Å². The second-order valence-corrected chi connectivity index (χ2v) is 7.97. The van der Waals surface area contributed by atoms with E-state index in [1.165, 1.54) is 0 Å². The minimum atomic E-state index is 0.0196. The van der Waals surface area contributed by atoms with Gasteiger partial charge in [-0.15, -0.1) is 0 Å². The van der Waals surface area contributed by atoms with E-state index in [0.29, 0.717) is 15.4 Å². The summed E-state index contributed by atoms with van der Waals surface area (Å²) in [5.41, 5.74) is 2.86. The molecular weight excluding hydrogens is 407 g/mol. The van der Waals surface area contributed by atoms with Crippen LogP contribution >= 0.6 is 23.2 Å². The van der Waals surface area contributed by atoms with Gasteiger partial charge in [0.15, 0.2) is 5.43 Å². The first-order valence-electron chi connectivity index (χ1n) is 9.58. The number of halogens is 2. The molecule has 0 saturated heterocycles. The van der Waals surface area contributed by atoms with E-state index in [1.54, 1.807) is 12.1 Å². The van der Waals surface area contributed by atoms with Crippen LogP contribution in [0.25, 0.3) is 21.8 Å². The Morgan fingerprint density at radius 2 is 1.79 bits per heavy atom. The molecule has 7 heteroatoms. The molecule has 0 saturated carbocycles. The third-order valence-corrected chi connectivity index (χ3v) is 5.53. The molecule has 5 nitrogen and oxygen atoms in total. The van der Waals surface area contributed by atoms with Crippen LogP contribution in [0.5, 0.6) is 0 Å². The summed E-state index contributed by atoms with van der Waals surface area (Å²) < 4.78 is 0. The first kappa shape index (κ1) is 19.8. The van der Waals surface area contributed by atoms with Gasteiger partial charge in [-0.2, -0.15) is 0 Å². The molecule has 2 aromatic carbocycles. The zero-order chi connectivity index (χ0) is 20.4. The maximum Gasteiger partial charge on any atom is 0.191 e. The van der Waals surface area contributed by atoms with E-state index in [4.69, 9.17) is 23.2 Å². The lowest BCUT2D eigenvalue weighted by Crippen LogP contribution is -2.22. The van der Waals surface area contributed by atoms with Crippen molar-refractivity contribution < 1.29 is 0 Å². The first-order valence-corrected chi connectivity index (χ1v) is 10.3. The number of hydrogen-bond acceptors (Lipinski definition) is 3. The van der Waals surface area contributed by atoms with Crippen molar-refractivity contribution in [3.8, 4) is 0 Å². The monoisotopic (exact) mass is 428 g/mol. The summed E-state index contributed by atoms with van der Waals surface area (Å²) in [6.07, 6.45) is 0.909. The number of aromatic amines is 2. The summed E-state index contributed by atoms with van der Waals surface area (Å²) in [5, 5.41) is 9.74. The Balaban J connectivity index is 1.30. The van der Waals surface area contributed by atoms with Crippen molar-refractivity contribution in [1.82, 2.24) is 15.3 Å². The quantitative estimate of drug-likeness (QED) is 0.295. The molecule has 150 valence electrons. The molecule has 0 aliphatic heterocycles. The number of anilines is 1. The lowest BCUT2D eigenvalue weighted by molar-refractivity contribution is 0.556. The van der Waals surface area contributed by atoms with Crippen LogP contribution in [0.3, 0.4) is 0 Å². The average Bonchev–Trinajstić information content (AvgIpc) is 3.12. The molecule has 4 rings (SSSR count). The number of hydrogen-bond donors (Lipinski definition) is 4. The summed E-state index contributed by atoms with van der Waals surface area (Å²) in [7, 11) is 0. The molecule has 1 atom stereocenters. The van der Waals surface area contributed by atoms with E-state index in [-0.39, 0.29) is 11.5 Å². The molecular formula is C22H22Cl2N4O. The Morgan fingerprint density at radius 1 is 0.966 bits per heavy atom. The van der Waals surface area contributed by atoms with E-state index in [0.717, 1.165) is 47.4 Å². The summed E-state index contributed by atoms with van der Waals surface area (Å²) in [6, 6.07) is 15.0. The summed E-state index contributed by atoms with van der Waals surface area (Å²) >= 11 is 12.3. The van der Waals surface area contributed by atoms with E-state index < -0.39 is 0 Å². The van der Waals surface area contributed by atoms with Crippen molar-refractivity contribution >= 4 is 50.8 Å². The predicted molar refractivity (Wildman–Crippen MR) is 122 cm³/mol. The van der Waals surface area contributed by atoms with Crippen LogP contribution < -0.4 is 16.1 Å². The van der Waals surface area contributed by atoms with Gasteiger partial charge in [-0.25, -0.2) is 0 Å². The number of fused-ring (bicyclic) bond motifs is 2. The Morgan fingerprint density at radius 3 is 2.66 bits per heavy atom. The largest absolute Gasteiger partial charge is 0.371 e. The number of nitrogens with one attached hydrogen (secondary N) is 4. The smallest absolute Gasteiger partial charge is 0.191 e. The fourth-order valence-corrected chi connectivity index (χ4v) is 4.00. The number of benzene rings is 2. The van der Waals surface area contributed by atoms with E-state index >= 15 is 0 Å². The SMILES string of the molecule is CC(NCCCNc1cc(=O)c2ccccc2[nH]1)c1cc2c(Cl)cc(Cl)cc2[nH]1. The van der Waals surface area contributed by atoms with Gasteiger partial charge < -0.3 is 20.6 Å². The van der Waals surface area contributed by atoms with Gasteiger partial charge in [0.1, 0.15) is 5.82 Å². The molecule has 0 radical (unpaired) electrons. The van der Waals surface area contributed by atoms with Gasteiger partial charge in [-0.3, -0.25) is 4.79 Å². The van der Waals surface area contributed by atoms with Crippen LogP contribution in [0, 0.1) is 0 Å². The van der Waals surface area contributed by atoms with E-state index in [9.17, 15) is 4.79 Å². The van der Waals surface area contributed by atoms with E-state index in [1.807, 2.05) is 30.3 Å². The number of pyridine rings is 1.